The monoisotopic (exact) mass is 292 g/mol. The lowest BCUT2D eigenvalue weighted by Crippen LogP contribution is -2.36. The summed E-state index contributed by atoms with van der Waals surface area (Å²) in [5.41, 5.74) is 6.09. The van der Waals surface area contributed by atoms with Gasteiger partial charge in [0.2, 0.25) is 11.9 Å². The van der Waals surface area contributed by atoms with Gasteiger partial charge in [-0.15, -0.1) is 5.10 Å². The lowest BCUT2D eigenvalue weighted by Gasteiger charge is -2.23. The Hall–Kier alpha value is -2.48. The molecule has 0 fully saturated rings. The van der Waals surface area contributed by atoms with E-state index in [-0.39, 0.29) is 24.2 Å². The normalized spacial score (nSPS) is 12.4. The van der Waals surface area contributed by atoms with Crippen LogP contribution in [0.25, 0.3) is 0 Å². The molecule has 0 aliphatic heterocycles. The maximum absolute atomic E-state index is 13.0. The fraction of sp³-hybridized carbons (Fsp3) is 0.308. The van der Waals surface area contributed by atoms with Crippen molar-refractivity contribution in [2.24, 2.45) is 0 Å². The predicted molar refractivity (Wildman–Crippen MR) is 75.5 cm³/mol. The van der Waals surface area contributed by atoms with E-state index < -0.39 is 6.04 Å². The Labute approximate surface area is 121 Å². The Morgan fingerprint density at radius 2 is 2.10 bits per heavy atom. The largest absolute Gasteiger partial charge is 0.367 e. The number of nitrogen functional groups attached to an aromatic ring is 1. The van der Waals surface area contributed by atoms with Crippen LogP contribution in [0, 0.1) is 5.82 Å². The van der Waals surface area contributed by atoms with Crippen LogP contribution < -0.4 is 11.1 Å². The van der Waals surface area contributed by atoms with E-state index in [1.165, 1.54) is 12.1 Å². The van der Waals surface area contributed by atoms with Gasteiger partial charge in [0, 0.05) is 0 Å². The lowest BCUT2D eigenvalue weighted by molar-refractivity contribution is -0.126. The summed E-state index contributed by atoms with van der Waals surface area (Å²) in [6, 6.07) is 5.32. The molecule has 0 unspecified atom stereocenters. The van der Waals surface area contributed by atoms with Crippen LogP contribution in [0.5, 0.6) is 0 Å². The SMILES string of the molecule is CN(C)[C@@H](C(=O)NCc1nc(N)n[nH]1)c1ccc(F)cc1. The molecule has 0 aliphatic carbocycles. The predicted octanol–water partition coefficient (Wildman–Crippen LogP) is 0.445. The Kier molecular flexibility index (Phi) is 4.49. The van der Waals surface area contributed by atoms with E-state index in [0.29, 0.717) is 11.4 Å². The van der Waals surface area contributed by atoms with Crippen LogP contribution in [0.2, 0.25) is 0 Å². The zero-order valence-corrected chi connectivity index (χ0v) is 11.8. The van der Waals surface area contributed by atoms with E-state index in [9.17, 15) is 9.18 Å². The third-order valence-electron chi connectivity index (χ3n) is 2.93. The summed E-state index contributed by atoms with van der Waals surface area (Å²) in [5, 5.41) is 9.04. The van der Waals surface area contributed by atoms with Crippen molar-refractivity contribution in [1.29, 1.82) is 0 Å². The number of hydrogen-bond acceptors (Lipinski definition) is 5. The Bertz CT molecular complexity index is 609. The average molecular weight is 292 g/mol. The number of rotatable bonds is 5. The van der Waals surface area contributed by atoms with Gasteiger partial charge in [-0.2, -0.15) is 4.98 Å². The number of aromatic nitrogens is 3. The summed E-state index contributed by atoms with van der Waals surface area (Å²) < 4.78 is 13.0. The molecule has 0 radical (unpaired) electrons. The van der Waals surface area contributed by atoms with Crippen LogP contribution in [0.1, 0.15) is 17.4 Å². The second-order valence-electron chi connectivity index (χ2n) is 4.78. The maximum Gasteiger partial charge on any atom is 0.242 e. The number of amides is 1. The minimum absolute atomic E-state index is 0.127. The van der Waals surface area contributed by atoms with E-state index >= 15 is 0 Å². The van der Waals surface area contributed by atoms with Crippen molar-refractivity contribution in [2.45, 2.75) is 12.6 Å². The van der Waals surface area contributed by atoms with Crippen LogP contribution in [0.3, 0.4) is 0 Å². The van der Waals surface area contributed by atoms with Crippen molar-refractivity contribution >= 4 is 11.9 Å². The number of carbonyl (C=O) groups excluding carboxylic acids is 1. The van der Waals surface area contributed by atoms with Gasteiger partial charge in [0.1, 0.15) is 17.7 Å². The molecule has 7 nitrogen and oxygen atoms in total. The summed E-state index contributed by atoms with van der Waals surface area (Å²) in [4.78, 5) is 18.0. The molecule has 0 aliphatic rings. The molecule has 1 aromatic heterocycles. The molecule has 2 aromatic rings. The number of aromatic amines is 1. The van der Waals surface area contributed by atoms with Crippen LogP contribution in [0.15, 0.2) is 24.3 Å². The molecule has 21 heavy (non-hydrogen) atoms. The Morgan fingerprint density at radius 1 is 1.43 bits per heavy atom. The number of carbonyl (C=O) groups is 1. The first-order valence-electron chi connectivity index (χ1n) is 6.33. The number of nitrogens with zero attached hydrogens (tertiary/aromatic N) is 3. The lowest BCUT2D eigenvalue weighted by atomic mass is 10.1. The standard InChI is InChI=1S/C13H17FN6O/c1-20(2)11(8-3-5-9(14)6-4-8)12(21)16-7-10-17-13(15)19-18-10/h3-6,11H,7H2,1-2H3,(H,16,21)(H3,15,17,18,19)/t11-/m1/s1. The van der Waals surface area contributed by atoms with Gasteiger partial charge in [0.05, 0.1) is 6.54 Å². The number of H-pyrrole nitrogens is 1. The first-order valence-corrected chi connectivity index (χ1v) is 6.33. The Morgan fingerprint density at radius 3 is 2.62 bits per heavy atom. The van der Waals surface area contributed by atoms with Crippen LogP contribution in [-0.4, -0.2) is 40.1 Å². The topological polar surface area (TPSA) is 99.9 Å². The maximum atomic E-state index is 13.0. The van der Waals surface area contributed by atoms with Crippen molar-refractivity contribution in [1.82, 2.24) is 25.4 Å². The highest BCUT2D eigenvalue weighted by atomic mass is 19.1. The van der Waals surface area contributed by atoms with E-state index in [1.807, 2.05) is 0 Å². The van der Waals surface area contributed by atoms with Crippen molar-refractivity contribution in [3.63, 3.8) is 0 Å². The fourth-order valence-corrected chi connectivity index (χ4v) is 1.99. The molecule has 0 saturated carbocycles. The first-order chi connectivity index (χ1) is 9.97. The summed E-state index contributed by atoms with van der Waals surface area (Å²) in [6.07, 6.45) is 0. The molecular weight excluding hydrogens is 275 g/mol. The highest BCUT2D eigenvalue weighted by Crippen LogP contribution is 2.18. The van der Waals surface area contributed by atoms with E-state index in [2.05, 4.69) is 20.5 Å². The molecule has 1 aromatic carbocycles. The van der Waals surface area contributed by atoms with Gasteiger partial charge < -0.3 is 11.1 Å². The molecule has 112 valence electrons. The van der Waals surface area contributed by atoms with Gasteiger partial charge in [-0.3, -0.25) is 14.8 Å². The zero-order valence-electron chi connectivity index (χ0n) is 11.8. The van der Waals surface area contributed by atoms with Gasteiger partial charge in [0.15, 0.2) is 0 Å². The van der Waals surface area contributed by atoms with E-state index in [1.54, 1.807) is 31.1 Å². The highest BCUT2D eigenvalue weighted by Gasteiger charge is 2.22. The first kappa shape index (κ1) is 14.9. The minimum Gasteiger partial charge on any atom is -0.367 e. The number of anilines is 1. The van der Waals surface area contributed by atoms with Crippen molar-refractivity contribution in [2.75, 3.05) is 19.8 Å². The van der Waals surface area contributed by atoms with E-state index in [4.69, 9.17) is 5.73 Å². The molecule has 2 rings (SSSR count). The second kappa shape index (κ2) is 6.31. The average Bonchev–Trinajstić information content (AvgIpc) is 2.84. The van der Waals surface area contributed by atoms with Crippen molar-refractivity contribution < 1.29 is 9.18 Å². The van der Waals surface area contributed by atoms with E-state index in [0.717, 1.165) is 0 Å². The zero-order chi connectivity index (χ0) is 15.4. The number of nitrogens with two attached hydrogens (primary N) is 1. The minimum atomic E-state index is -0.522. The molecule has 4 N–H and O–H groups in total. The molecule has 8 heteroatoms. The number of benzene rings is 1. The highest BCUT2D eigenvalue weighted by molar-refractivity contribution is 5.83. The quantitative estimate of drug-likeness (QED) is 0.742. The van der Waals surface area contributed by atoms with Gasteiger partial charge in [-0.1, -0.05) is 12.1 Å². The second-order valence-corrected chi connectivity index (χ2v) is 4.78. The molecule has 1 amide bonds. The molecule has 1 atom stereocenters. The van der Waals surface area contributed by atoms with Gasteiger partial charge in [-0.05, 0) is 31.8 Å². The molecule has 0 spiro atoms. The van der Waals surface area contributed by atoms with Crippen LogP contribution in [-0.2, 0) is 11.3 Å². The summed E-state index contributed by atoms with van der Waals surface area (Å²) >= 11 is 0. The summed E-state index contributed by atoms with van der Waals surface area (Å²) in [7, 11) is 3.56. The molecular formula is C13H17FN6O. The van der Waals surface area contributed by atoms with Gasteiger partial charge in [-0.25, -0.2) is 4.39 Å². The molecule has 1 heterocycles. The van der Waals surface area contributed by atoms with Crippen molar-refractivity contribution in [3.05, 3.63) is 41.5 Å². The fourth-order valence-electron chi connectivity index (χ4n) is 1.99. The summed E-state index contributed by atoms with van der Waals surface area (Å²) in [5.74, 6) is 0.0368. The van der Waals surface area contributed by atoms with Crippen molar-refractivity contribution in [3.8, 4) is 0 Å². The Balaban J connectivity index is 2.07. The third-order valence-corrected chi connectivity index (χ3v) is 2.93. The number of nitrogens with one attached hydrogen (secondary N) is 2. The van der Waals surface area contributed by atoms with Gasteiger partial charge in [0.25, 0.3) is 0 Å². The molecule has 0 bridgehead atoms. The number of hydrogen-bond donors (Lipinski definition) is 3. The van der Waals surface area contributed by atoms with Crippen LogP contribution >= 0.6 is 0 Å². The number of halogens is 1. The van der Waals surface area contributed by atoms with Gasteiger partial charge >= 0.3 is 0 Å². The number of likely N-dealkylation sites (N-methyl/N-ethyl adjacent to an activating group) is 1. The third kappa shape index (κ3) is 3.76. The summed E-state index contributed by atoms with van der Waals surface area (Å²) in [6.45, 7) is 0.189. The smallest absolute Gasteiger partial charge is 0.242 e. The molecule has 0 saturated heterocycles. The van der Waals surface area contributed by atoms with Crippen LogP contribution in [0.4, 0.5) is 10.3 Å².